The zero-order valence-electron chi connectivity index (χ0n) is 13.3. The Balaban J connectivity index is 1.77. The Morgan fingerprint density at radius 1 is 1.38 bits per heavy atom. The molecule has 1 atom stereocenters. The zero-order chi connectivity index (χ0) is 17.1. The molecule has 1 N–H and O–H groups in total. The van der Waals surface area contributed by atoms with Crippen molar-refractivity contribution in [3.63, 3.8) is 0 Å². The molecule has 1 fully saturated rings. The van der Waals surface area contributed by atoms with Gasteiger partial charge in [-0.25, -0.2) is 4.98 Å². The van der Waals surface area contributed by atoms with Crippen LogP contribution in [0.2, 0.25) is 5.02 Å². The lowest BCUT2D eigenvalue weighted by atomic mass is 10.2. The van der Waals surface area contributed by atoms with Crippen LogP contribution in [0, 0.1) is 0 Å². The highest BCUT2D eigenvalue weighted by molar-refractivity contribution is 8.00. The fraction of sp³-hybridized carbons (Fsp3) is 0.353. The van der Waals surface area contributed by atoms with Crippen molar-refractivity contribution in [3.8, 4) is 0 Å². The summed E-state index contributed by atoms with van der Waals surface area (Å²) in [6.45, 7) is 2.65. The van der Waals surface area contributed by atoms with E-state index >= 15 is 0 Å². The molecule has 1 saturated heterocycles. The predicted octanol–water partition coefficient (Wildman–Crippen LogP) is 3.27. The molecule has 1 aromatic heterocycles. The minimum absolute atomic E-state index is 0.00311. The molecule has 5 nitrogen and oxygen atoms in total. The molecule has 2 heterocycles. The highest BCUT2D eigenvalue weighted by atomic mass is 35.5. The SMILES string of the molecule is CCCc1cc(=O)[nH]c(SC2CCN(c3ccccc3Cl)C2=O)n1. The first kappa shape index (κ1) is 17.0. The van der Waals surface area contributed by atoms with Gasteiger partial charge in [-0.3, -0.25) is 9.59 Å². The maximum absolute atomic E-state index is 12.7. The first-order valence-corrected chi connectivity index (χ1v) is 9.17. The van der Waals surface area contributed by atoms with Gasteiger partial charge in [0.1, 0.15) is 0 Å². The predicted molar refractivity (Wildman–Crippen MR) is 96.9 cm³/mol. The van der Waals surface area contributed by atoms with Crippen LogP contribution in [-0.4, -0.2) is 27.7 Å². The number of thioether (sulfide) groups is 1. The van der Waals surface area contributed by atoms with Gasteiger partial charge in [-0.1, -0.05) is 48.8 Å². The summed E-state index contributed by atoms with van der Waals surface area (Å²) in [7, 11) is 0. The lowest BCUT2D eigenvalue weighted by Gasteiger charge is -2.17. The Kier molecular flexibility index (Phi) is 5.26. The van der Waals surface area contributed by atoms with Crippen LogP contribution in [0.1, 0.15) is 25.5 Å². The molecular weight excluding hydrogens is 346 g/mol. The van der Waals surface area contributed by atoms with Gasteiger partial charge in [-0.15, -0.1) is 0 Å². The molecule has 2 aromatic rings. The van der Waals surface area contributed by atoms with Crippen LogP contribution in [0.5, 0.6) is 0 Å². The third kappa shape index (κ3) is 3.65. The summed E-state index contributed by atoms with van der Waals surface area (Å²) < 4.78 is 0. The van der Waals surface area contributed by atoms with Gasteiger partial charge in [0.25, 0.3) is 5.56 Å². The maximum atomic E-state index is 12.7. The quantitative estimate of drug-likeness (QED) is 0.828. The maximum Gasteiger partial charge on any atom is 0.251 e. The average Bonchev–Trinajstić information content (AvgIpc) is 2.89. The Morgan fingerprint density at radius 2 is 2.17 bits per heavy atom. The number of nitrogens with one attached hydrogen (secondary N) is 1. The first-order valence-electron chi connectivity index (χ1n) is 7.91. The largest absolute Gasteiger partial charge is 0.310 e. The number of carbonyl (C=O) groups excluding carboxylic acids is 1. The van der Waals surface area contributed by atoms with Crippen molar-refractivity contribution in [3.05, 3.63) is 51.4 Å². The summed E-state index contributed by atoms with van der Waals surface area (Å²) in [5, 5.41) is 0.805. The van der Waals surface area contributed by atoms with Gasteiger partial charge in [-0.05, 0) is 25.0 Å². The van der Waals surface area contributed by atoms with Gasteiger partial charge in [0.05, 0.1) is 16.0 Å². The molecule has 1 amide bonds. The minimum Gasteiger partial charge on any atom is -0.310 e. The van der Waals surface area contributed by atoms with E-state index in [1.165, 1.54) is 17.8 Å². The Morgan fingerprint density at radius 3 is 2.92 bits per heavy atom. The number of aromatic amines is 1. The summed E-state index contributed by atoms with van der Waals surface area (Å²) in [5.41, 5.74) is 1.31. The zero-order valence-corrected chi connectivity index (χ0v) is 14.9. The monoisotopic (exact) mass is 363 g/mol. The van der Waals surface area contributed by atoms with E-state index in [0.29, 0.717) is 23.1 Å². The van der Waals surface area contributed by atoms with Crippen molar-refractivity contribution >= 4 is 35.0 Å². The number of nitrogens with zero attached hydrogens (tertiary/aromatic N) is 2. The number of H-pyrrole nitrogens is 1. The Hall–Kier alpha value is -1.79. The number of anilines is 1. The van der Waals surface area contributed by atoms with Crippen LogP contribution in [0.25, 0.3) is 0 Å². The van der Waals surface area contributed by atoms with Crippen LogP contribution in [0.4, 0.5) is 5.69 Å². The van der Waals surface area contributed by atoms with E-state index in [1.807, 2.05) is 25.1 Å². The smallest absolute Gasteiger partial charge is 0.251 e. The summed E-state index contributed by atoms with van der Waals surface area (Å²) in [6.07, 6.45) is 2.36. The molecule has 1 unspecified atom stereocenters. The molecule has 1 aliphatic heterocycles. The van der Waals surface area contributed by atoms with Crippen molar-refractivity contribution in [1.29, 1.82) is 0 Å². The molecule has 0 radical (unpaired) electrons. The Labute approximate surface area is 149 Å². The highest BCUT2D eigenvalue weighted by Crippen LogP contribution is 2.34. The number of carbonyl (C=O) groups is 1. The third-order valence-electron chi connectivity index (χ3n) is 3.83. The van der Waals surface area contributed by atoms with E-state index in [-0.39, 0.29) is 16.7 Å². The standard InChI is InChI=1S/C17H18ClN3O2S/c1-2-5-11-10-15(22)20-17(19-11)24-14-8-9-21(16(14)23)13-7-4-3-6-12(13)18/h3-4,6-7,10,14H,2,5,8-9H2,1H3,(H,19,20,22). The molecule has 0 spiro atoms. The fourth-order valence-electron chi connectivity index (χ4n) is 2.73. The number of hydrogen-bond donors (Lipinski definition) is 1. The van der Waals surface area contributed by atoms with E-state index < -0.39 is 0 Å². The molecule has 1 aromatic carbocycles. The van der Waals surface area contributed by atoms with Gasteiger partial charge < -0.3 is 9.88 Å². The second kappa shape index (κ2) is 7.40. The minimum atomic E-state index is -0.263. The van der Waals surface area contributed by atoms with Crippen LogP contribution < -0.4 is 10.5 Å². The summed E-state index contributed by atoms with van der Waals surface area (Å²) >= 11 is 7.51. The van der Waals surface area contributed by atoms with Crippen molar-refractivity contribution in [2.24, 2.45) is 0 Å². The summed E-state index contributed by atoms with van der Waals surface area (Å²) in [6, 6.07) is 8.84. The lowest BCUT2D eigenvalue weighted by Crippen LogP contribution is -2.28. The van der Waals surface area contributed by atoms with Crippen LogP contribution in [0.15, 0.2) is 40.3 Å². The molecule has 1 aliphatic rings. The van der Waals surface area contributed by atoms with Crippen LogP contribution >= 0.6 is 23.4 Å². The van der Waals surface area contributed by atoms with Crippen molar-refractivity contribution in [2.45, 2.75) is 36.6 Å². The van der Waals surface area contributed by atoms with Crippen molar-refractivity contribution in [1.82, 2.24) is 9.97 Å². The van der Waals surface area contributed by atoms with Gasteiger partial charge in [-0.2, -0.15) is 0 Å². The van der Waals surface area contributed by atoms with E-state index in [4.69, 9.17) is 11.6 Å². The second-order valence-corrected chi connectivity index (χ2v) is 7.23. The normalized spacial score (nSPS) is 17.5. The molecule has 0 aliphatic carbocycles. The number of amides is 1. The van der Waals surface area contributed by atoms with Gasteiger partial charge in [0, 0.05) is 18.3 Å². The number of halogens is 1. The van der Waals surface area contributed by atoms with Gasteiger partial charge in [0.15, 0.2) is 5.16 Å². The van der Waals surface area contributed by atoms with Gasteiger partial charge >= 0.3 is 0 Å². The molecule has 7 heteroatoms. The van der Waals surface area contributed by atoms with Gasteiger partial charge in [0.2, 0.25) is 5.91 Å². The fourth-order valence-corrected chi connectivity index (χ4v) is 4.02. The van der Waals surface area contributed by atoms with E-state index in [9.17, 15) is 9.59 Å². The lowest BCUT2D eigenvalue weighted by molar-refractivity contribution is -0.116. The van der Waals surface area contributed by atoms with Crippen molar-refractivity contribution < 1.29 is 4.79 Å². The average molecular weight is 364 g/mol. The number of para-hydroxylation sites is 1. The van der Waals surface area contributed by atoms with E-state index in [0.717, 1.165) is 24.2 Å². The molecule has 126 valence electrons. The third-order valence-corrected chi connectivity index (χ3v) is 5.29. The van der Waals surface area contributed by atoms with Crippen LogP contribution in [-0.2, 0) is 11.2 Å². The number of rotatable bonds is 5. The topological polar surface area (TPSA) is 66.1 Å². The molecule has 3 rings (SSSR count). The number of aryl methyl sites for hydroxylation is 1. The molecule has 0 bridgehead atoms. The second-order valence-electron chi connectivity index (χ2n) is 5.63. The Bertz CT molecular complexity index is 808. The van der Waals surface area contributed by atoms with Crippen LogP contribution in [0.3, 0.4) is 0 Å². The number of hydrogen-bond acceptors (Lipinski definition) is 4. The molecular formula is C17H18ClN3O2S. The van der Waals surface area contributed by atoms with E-state index in [2.05, 4.69) is 9.97 Å². The number of aromatic nitrogens is 2. The van der Waals surface area contributed by atoms with E-state index in [1.54, 1.807) is 11.0 Å². The molecule has 0 saturated carbocycles. The summed E-state index contributed by atoms with van der Waals surface area (Å²) in [5.74, 6) is -0.00311. The van der Waals surface area contributed by atoms with Crippen molar-refractivity contribution in [2.75, 3.05) is 11.4 Å². The first-order chi connectivity index (χ1) is 11.6. The molecule has 24 heavy (non-hydrogen) atoms. The number of benzene rings is 1. The summed E-state index contributed by atoms with van der Waals surface area (Å²) in [4.78, 5) is 33.3. The highest BCUT2D eigenvalue weighted by Gasteiger charge is 2.34.